The van der Waals surface area contributed by atoms with Crippen LogP contribution in [0.2, 0.25) is 0 Å². The molecule has 0 saturated heterocycles. The van der Waals surface area contributed by atoms with Gasteiger partial charge in [-0.05, 0) is 18.6 Å². The fourth-order valence-electron chi connectivity index (χ4n) is 0.965. The normalized spacial score (nSPS) is 12.2. The first-order valence-electron chi connectivity index (χ1n) is 3.64. The van der Waals surface area contributed by atoms with Crippen LogP contribution in [0.4, 0.5) is 22.0 Å². The van der Waals surface area contributed by atoms with E-state index in [1.165, 1.54) is 6.92 Å². The predicted octanol–water partition coefficient (Wildman–Crippen LogP) is 3.35. The van der Waals surface area contributed by atoms with Crippen LogP contribution in [0.25, 0.3) is 0 Å². The van der Waals surface area contributed by atoms with Crippen LogP contribution in [0.1, 0.15) is 23.2 Å². The number of aromatic nitrogens is 1. The molecule has 0 aliphatic rings. The lowest BCUT2D eigenvalue weighted by Gasteiger charge is -2.10. The summed E-state index contributed by atoms with van der Waals surface area (Å²) in [4.78, 5) is 3.20. The molecule has 0 fully saturated rings. The fraction of sp³-hybridized carbons (Fsp3) is 0.375. The number of halogens is 5. The van der Waals surface area contributed by atoms with Crippen LogP contribution in [-0.4, -0.2) is 4.98 Å². The van der Waals surface area contributed by atoms with Crippen LogP contribution in [0.3, 0.4) is 0 Å². The predicted molar refractivity (Wildman–Crippen MR) is 38.9 cm³/mol. The maximum absolute atomic E-state index is 12.2. The lowest BCUT2D eigenvalue weighted by Crippen LogP contribution is -2.09. The second-order valence-electron chi connectivity index (χ2n) is 2.72. The van der Waals surface area contributed by atoms with E-state index >= 15 is 0 Å². The van der Waals surface area contributed by atoms with Crippen LogP contribution >= 0.6 is 0 Å². The van der Waals surface area contributed by atoms with Crippen LogP contribution in [0.5, 0.6) is 0 Å². The van der Waals surface area contributed by atoms with E-state index in [1.807, 2.05) is 0 Å². The molecule has 0 aliphatic heterocycles. The Kier molecular flexibility index (Phi) is 2.73. The average Bonchev–Trinajstić information content (AvgIpc) is 2.02. The van der Waals surface area contributed by atoms with Gasteiger partial charge in [0, 0.05) is 6.20 Å². The SMILES string of the molecule is Cc1cnc(C(F)F)cc1C(F)(F)F. The van der Waals surface area contributed by atoms with Crippen molar-refractivity contribution in [2.45, 2.75) is 19.5 Å². The second-order valence-corrected chi connectivity index (χ2v) is 2.72. The first kappa shape index (κ1) is 10.9. The van der Waals surface area contributed by atoms with Crippen LogP contribution in [0.15, 0.2) is 12.3 Å². The van der Waals surface area contributed by atoms with Crippen molar-refractivity contribution < 1.29 is 22.0 Å². The van der Waals surface area contributed by atoms with E-state index in [4.69, 9.17) is 0 Å². The Balaban J connectivity index is 3.22. The molecule has 78 valence electrons. The number of hydrogen-bond acceptors (Lipinski definition) is 1. The monoisotopic (exact) mass is 211 g/mol. The summed E-state index contributed by atoms with van der Waals surface area (Å²) in [6, 6.07) is 0.375. The molecule has 14 heavy (non-hydrogen) atoms. The summed E-state index contributed by atoms with van der Waals surface area (Å²) in [5, 5.41) is 0. The van der Waals surface area contributed by atoms with Gasteiger partial charge in [-0.1, -0.05) is 0 Å². The fourth-order valence-corrected chi connectivity index (χ4v) is 0.965. The summed E-state index contributed by atoms with van der Waals surface area (Å²) in [7, 11) is 0. The van der Waals surface area contributed by atoms with E-state index in [1.54, 1.807) is 0 Å². The first-order valence-corrected chi connectivity index (χ1v) is 3.64. The minimum Gasteiger partial charge on any atom is -0.255 e. The molecule has 1 heterocycles. The van der Waals surface area contributed by atoms with Gasteiger partial charge in [-0.3, -0.25) is 4.98 Å². The Labute approximate surface area is 76.6 Å². The highest BCUT2D eigenvalue weighted by atomic mass is 19.4. The van der Waals surface area contributed by atoms with Crippen molar-refractivity contribution in [1.29, 1.82) is 0 Å². The average molecular weight is 211 g/mol. The Hall–Kier alpha value is -1.20. The Bertz CT molecular complexity index is 331. The molecule has 1 nitrogen and oxygen atoms in total. The molecular formula is C8H6F5N. The molecule has 0 atom stereocenters. The Morgan fingerprint density at radius 2 is 1.86 bits per heavy atom. The highest BCUT2D eigenvalue weighted by Gasteiger charge is 2.33. The van der Waals surface area contributed by atoms with Crippen molar-refractivity contribution in [1.82, 2.24) is 4.98 Å². The van der Waals surface area contributed by atoms with Crippen molar-refractivity contribution >= 4 is 0 Å². The maximum Gasteiger partial charge on any atom is 0.416 e. The molecule has 0 bridgehead atoms. The molecular weight excluding hydrogens is 205 g/mol. The van der Waals surface area contributed by atoms with Crippen molar-refractivity contribution in [3.8, 4) is 0 Å². The third kappa shape index (κ3) is 2.18. The van der Waals surface area contributed by atoms with E-state index in [0.717, 1.165) is 6.20 Å². The number of rotatable bonds is 1. The highest BCUT2D eigenvalue weighted by molar-refractivity contribution is 5.28. The van der Waals surface area contributed by atoms with Crippen molar-refractivity contribution in [2.24, 2.45) is 0 Å². The van der Waals surface area contributed by atoms with Crippen molar-refractivity contribution in [2.75, 3.05) is 0 Å². The van der Waals surface area contributed by atoms with Crippen LogP contribution in [0, 0.1) is 6.92 Å². The Morgan fingerprint density at radius 1 is 1.29 bits per heavy atom. The lowest BCUT2D eigenvalue weighted by atomic mass is 10.1. The molecule has 0 radical (unpaired) electrons. The standard InChI is InChI=1S/C8H6F5N/c1-4-3-14-6(7(9)10)2-5(4)8(11,12)13/h2-3,7H,1H3. The topological polar surface area (TPSA) is 12.9 Å². The number of aryl methyl sites for hydroxylation is 1. The van der Waals surface area contributed by atoms with Gasteiger partial charge in [0.05, 0.1) is 5.56 Å². The minimum atomic E-state index is -4.61. The molecule has 6 heteroatoms. The number of alkyl halides is 5. The molecule has 0 spiro atoms. The maximum atomic E-state index is 12.2. The summed E-state index contributed by atoms with van der Waals surface area (Å²) < 4.78 is 60.7. The molecule has 0 unspecified atom stereocenters. The summed E-state index contributed by atoms with van der Waals surface area (Å²) in [5.74, 6) is 0. The van der Waals surface area contributed by atoms with E-state index in [9.17, 15) is 22.0 Å². The molecule has 0 aliphatic carbocycles. The van der Waals surface area contributed by atoms with Gasteiger partial charge in [0.2, 0.25) is 0 Å². The van der Waals surface area contributed by atoms with Gasteiger partial charge >= 0.3 is 6.18 Å². The molecule has 0 saturated carbocycles. The van der Waals surface area contributed by atoms with Crippen molar-refractivity contribution in [3.63, 3.8) is 0 Å². The Morgan fingerprint density at radius 3 is 2.29 bits per heavy atom. The minimum absolute atomic E-state index is 0.165. The molecule has 1 aromatic heterocycles. The van der Waals surface area contributed by atoms with Gasteiger partial charge in [0.15, 0.2) is 0 Å². The van der Waals surface area contributed by atoms with E-state index in [0.29, 0.717) is 6.07 Å². The molecule has 0 amide bonds. The van der Waals surface area contributed by atoms with Gasteiger partial charge in [-0.15, -0.1) is 0 Å². The quantitative estimate of drug-likeness (QED) is 0.649. The third-order valence-corrected chi connectivity index (χ3v) is 1.65. The molecule has 0 N–H and O–H groups in total. The molecule has 1 aromatic rings. The second kappa shape index (κ2) is 3.51. The summed E-state index contributed by atoms with van der Waals surface area (Å²) >= 11 is 0. The van der Waals surface area contributed by atoms with E-state index < -0.39 is 23.9 Å². The number of hydrogen-bond donors (Lipinski definition) is 0. The zero-order valence-electron chi connectivity index (χ0n) is 7.07. The molecule has 0 aromatic carbocycles. The summed E-state index contributed by atoms with van der Waals surface area (Å²) in [6.07, 6.45) is -6.81. The van der Waals surface area contributed by atoms with Crippen molar-refractivity contribution in [3.05, 3.63) is 29.1 Å². The smallest absolute Gasteiger partial charge is 0.255 e. The zero-order chi connectivity index (χ0) is 10.9. The largest absolute Gasteiger partial charge is 0.416 e. The number of nitrogens with zero attached hydrogens (tertiary/aromatic N) is 1. The van der Waals surface area contributed by atoms with Gasteiger partial charge in [-0.2, -0.15) is 13.2 Å². The van der Waals surface area contributed by atoms with Crippen LogP contribution < -0.4 is 0 Å². The summed E-state index contributed by atoms with van der Waals surface area (Å²) in [6.45, 7) is 1.17. The first-order chi connectivity index (χ1) is 6.32. The van der Waals surface area contributed by atoms with E-state index in [-0.39, 0.29) is 5.56 Å². The summed E-state index contributed by atoms with van der Waals surface area (Å²) in [5.41, 5.74) is -2.09. The lowest BCUT2D eigenvalue weighted by molar-refractivity contribution is -0.138. The van der Waals surface area contributed by atoms with Gasteiger partial charge in [0.1, 0.15) is 5.69 Å². The van der Waals surface area contributed by atoms with Gasteiger partial charge in [0.25, 0.3) is 6.43 Å². The third-order valence-electron chi connectivity index (χ3n) is 1.65. The van der Waals surface area contributed by atoms with Crippen LogP contribution in [-0.2, 0) is 6.18 Å². The molecule has 1 rings (SSSR count). The van der Waals surface area contributed by atoms with Gasteiger partial charge in [-0.25, -0.2) is 8.78 Å². The number of pyridine rings is 1. The highest BCUT2D eigenvalue weighted by Crippen LogP contribution is 2.33. The van der Waals surface area contributed by atoms with E-state index in [2.05, 4.69) is 4.98 Å². The van der Waals surface area contributed by atoms with Gasteiger partial charge < -0.3 is 0 Å². The zero-order valence-corrected chi connectivity index (χ0v) is 7.07.